The number of halogens is 3. The van der Waals surface area contributed by atoms with Crippen molar-refractivity contribution < 1.29 is 18.3 Å². The predicted molar refractivity (Wildman–Crippen MR) is 61.4 cm³/mol. The summed E-state index contributed by atoms with van der Waals surface area (Å²) in [7, 11) is 0. The van der Waals surface area contributed by atoms with E-state index in [0.29, 0.717) is 18.6 Å². The number of hydrogen-bond acceptors (Lipinski definition) is 2. The van der Waals surface area contributed by atoms with Gasteiger partial charge in [0.05, 0.1) is 6.61 Å². The molecule has 5 heteroatoms. The first-order valence-corrected chi connectivity index (χ1v) is 5.64. The topological polar surface area (TPSA) is 26.3 Å². The summed E-state index contributed by atoms with van der Waals surface area (Å²) >= 11 is 5.72. The third kappa shape index (κ3) is 4.69. The second-order valence-corrected chi connectivity index (χ2v) is 3.93. The summed E-state index contributed by atoms with van der Waals surface area (Å²) in [4.78, 5) is 11.1. The Hall–Kier alpha value is -1.16. The zero-order chi connectivity index (χ0) is 12.8. The first-order valence-electron chi connectivity index (χ1n) is 5.26. The lowest BCUT2D eigenvalue weighted by atomic mass is 10.1. The third-order valence-corrected chi connectivity index (χ3v) is 2.37. The highest BCUT2D eigenvalue weighted by atomic mass is 35.5. The first-order chi connectivity index (χ1) is 8.02. The Kier molecular flexibility index (Phi) is 5.35. The summed E-state index contributed by atoms with van der Waals surface area (Å²) in [5, 5.41) is 0.252. The van der Waals surface area contributed by atoms with Crippen molar-refractivity contribution in [1.82, 2.24) is 0 Å². The molecule has 0 saturated carbocycles. The molecule has 0 fully saturated rings. The number of ether oxygens (including phenoxy) is 1. The Labute approximate surface area is 104 Å². The number of carbonyl (C=O) groups excluding carboxylic acids is 1. The van der Waals surface area contributed by atoms with Crippen molar-refractivity contribution in [3.05, 3.63) is 34.3 Å². The van der Waals surface area contributed by atoms with Gasteiger partial charge in [0.25, 0.3) is 6.43 Å². The van der Waals surface area contributed by atoms with Crippen LogP contribution in [-0.2, 0) is 16.0 Å². The Morgan fingerprint density at radius 1 is 1.41 bits per heavy atom. The second-order valence-electron chi connectivity index (χ2n) is 3.50. The van der Waals surface area contributed by atoms with E-state index < -0.39 is 6.43 Å². The van der Waals surface area contributed by atoms with Gasteiger partial charge in [-0.1, -0.05) is 17.7 Å². The SMILES string of the molecule is CCOC(=O)CCc1cc(Cl)cc(C(F)F)c1. The van der Waals surface area contributed by atoms with Crippen molar-refractivity contribution in [2.75, 3.05) is 6.61 Å². The summed E-state index contributed by atoms with van der Waals surface area (Å²) in [6, 6.07) is 4.16. The van der Waals surface area contributed by atoms with E-state index in [9.17, 15) is 13.6 Å². The molecule has 0 unspecified atom stereocenters. The van der Waals surface area contributed by atoms with Gasteiger partial charge in [-0.2, -0.15) is 0 Å². The van der Waals surface area contributed by atoms with Gasteiger partial charge in [-0.15, -0.1) is 0 Å². The number of alkyl halides is 2. The monoisotopic (exact) mass is 262 g/mol. The van der Waals surface area contributed by atoms with Gasteiger partial charge in [0.1, 0.15) is 0 Å². The minimum Gasteiger partial charge on any atom is -0.466 e. The molecule has 1 rings (SSSR count). The summed E-state index contributed by atoms with van der Waals surface area (Å²) in [6.07, 6.45) is -2.05. The van der Waals surface area contributed by atoms with Crippen LogP contribution in [-0.4, -0.2) is 12.6 Å². The fraction of sp³-hybridized carbons (Fsp3) is 0.417. The largest absolute Gasteiger partial charge is 0.466 e. The Morgan fingerprint density at radius 2 is 2.12 bits per heavy atom. The maximum atomic E-state index is 12.5. The average Bonchev–Trinajstić information content (AvgIpc) is 2.26. The Balaban J connectivity index is 2.68. The molecule has 0 heterocycles. The van der Waals surface area contributed by atoms with Crippen LogP contribution in [0.1, 0.15) is 30.9 Å². The van der Waals surface area contributed by atoms with Crippen LogP contribution in [0.25, 0.3) is 0 Å². The smallest absolute Gasteiger partial charge is 0.306 e. The van der Waals surface area contributed by atoms with E-state index in [0.717, 1.165) is 0 Å². The maximum Gasteiger partial charge on any atom is 0.306 e. The van der Waals surface area contributed by atoms with E-state index in [1.807, 2.05) is 0 Å². The predicted octanol–water partition coefficient (Wildman–Crippen LogP) is 3.77. The van der Waals surface area contributed by atoms with Crippen molar-refractivity contribution in [1.29, 1.82) is 0 Å². The molecule has 0 radical (unpaired) electrons. The Morgan fingerprint density at radius 3 is 2.71 bits per heavy atom. The van der Waals surface area contributed by atoms with Gasteiger partial charge < -0.3 is 4.74 Å². The first kappa shape index (κ1) is 13.9. The molecule has 0 spiro atoms. The van der Waals surface area contributed by atoms with E-state index >= 15 is 0 Å². The fourth-order valence-electron chi connectivity index (χ4n) is 1.43. The molecule has 0 aliphatic heterocycles. The normalized spacial score (nSPS) is 10.6. The molecule has 0 N–H and O–H groups in total. The average molecular weight is 263 g/mol. The van der Waals surface area contributed by atoms with Crippen LogP contribution in [0.15, 0.2) is 18.2 Å². The van der Waals surface area contributed by atoms with E-state index in [2.05, 4.69) is 0 Å². The summed E-state index contributed by atoms with van der Waals surface area (Å²) in [6.45, 7) is 2.03. The number of rotatable bonds is 5. The molecule has 0 bridgehead atoms. The lowest BCUT2D eigenvalue weighted by molar-refractivity contribution is -0.143. The van der Waals surface area contributed by atoms with E-state index in [-0.39, 0.29) is 23.0 Å². The number of hydrogen-bond donors (Lipinski definition) is 0. The molecular weight excluding hydrogens is 250 g/mol. The highest BCUT2D eigenvalue weighted by molar-refractivity contribution is 6.30. The highest BCUT2D eigenvalue weighted by Crippen LogP contribution is 2.24. The zero-order valence-corrected chi connectivity index (χ0v) is 10.1. The van der Waals surface area contributed by atoms with Gasteiger partial charge in [0, 0.05) is 17.0 Å². The van der Waals surface area contributed by atoms with Gasteiger partial charge in [0.2, 0.25) is 0 Å². The molecule has 0 atom stereocenters. The number of carbonyl (C=O) groups is 1. The zero-order valence-electron chi connectivity index (χ0n) is 9.38. The van der Waals surface area contributed by atoms with Crippen LogP contribution < -0.4 is 0 Å². The summed E-state index contributed by atoms with van der Waals surface area (Å²) in [5.41, 5.74) is 0.484. The molecule has 17 heavy (non-hydrogen) atoms. The van der Waals surface area contributed by atoms with Gasteiger partial charge in [-0.05, 0) is 31.0 Å². The molecule has 0 saturated heterocycles. The summed E-state index contributed by atoms with van der Waals surface area (Å²) in [5.74, 6) is -0.342. The fourth-order valence-corrected chi connectivity index (χ4v) is 1.69. The minimum absolute atomic E-state index is 0.128. The Bertz CT molecular complexity index is 394. The van der Waals surface area contributed by atoms with Crippen molar-refractivity contribution in [3.8, 4) is 0 Å². The molecule has 2 nitrogen and oxygen atoms in total. The van der Waals surface area contributed by atoms with Crippen molar-refractivity contribution in [2.45, 2.75) is 26.2 Å². The van der Waals surface area contributed by atoms with E-state index in [4.69, 9.17) is 16.3 Å². The number of benzene rings is 1. The van der Waals surface area contributed by atoms with Gasteiger partial charge in [-0.25, -0.2) is 8.78 Å². The van der Waals surface area contributed by atoms with Crippen LogP contribution in [0.3, 0.4) is 0 Å². The molecular formula is C12H13ClF2O2. The van der Waals surface area contributed by atoms with Crippen LogP contribution in [0.2, 0.25) is 5.02 Å². The van der Waals surface area contributed by atoms with Crippen LogP contribution in [0.5, 0.6) is 0 Å². The highest BCUT2D eigenvalue weighted by Gasteiger charge is 2.10. The number of esters is 1. The second kappa shape index (κ2) is 6.55. The summed E-state index contributed by atoms with van der Waals surface area (Å²) < 4.78 is 29.7. The van der Waals surface area contributed by atoms with Gasteiger partial charge >= 0.3 is 5.97 Å². The van der Waals surface area contributed by atoms with Gasteiger partial charge in [-0.3, -0.25) is 4.79 Å². The molecule has 0 aliphatic carbocycles. The minimum atomic E-state index is -2.56. The lowest BCUT2D eigenvalue weighted by Crippen LogP contribution is -2.05. The van der Waals surface area contributed by atoms with Crippen molar-refractivity contribution in [3.63, 3.8) is 0 Å². The van der Waals surface area contributed by atoms with Crippen LogP contribution in [0.4, 0.5) is 8.78 Å². The third-order valence-electron chi connectivity index (χ3n) is 2.16. The molecule has 0 aromatic heterocycles. The maximum absolute atomic E-state index is 12.5. The van der Waals surface area contributed by atoms with E-state index in [1.54, 1.807) is 13.0 Å². The quantitative estimate of drug-likeness (QED) is 0.755. The molecule has 94 valence electrons. The van der Waals surface area contributed by atoms with Gasteiger partial charge in [0.15, 0.2) is 0 Å². The van der Waals surface area contributed by atoms with Crippen LogP contribution in [0, 0.1) is 0 Å². The van der Waals surface area contributed by atoms with Crippen LogP contribution >= 0.6 is 11.6 Å². The molecule has 0 amide bonds. The van der Waals surface area contributed by atoms with Crippen molar-refractivity contribution >= 4 is 17.6 Å². The van der Waals surface area contributed by atoms with E-state index in [1.165, 1.54) is 12.1 Å². The molecule has 1 aromatic rings. The number of aryl methyl sites for hydroxylation is 1. The van der Waals surface area contributed by atoms with Crippen molar-refractivity contribution in [2.24, 2.45) is 0 Å². The molecule has 0 aliphatic rings. The lowest BCUT2D eigenvalue weighted by Gasteiger charge is -2.06. The standard InChI is InChI=1S/C12H13ClF2O2/c1-2-17-11(16)4-3-8-5-9(12(14)15)7-10(13)6-8/h5-7,12H,2-4H2,1H3. The molecule has 1 aromatic carbocycles.